The van der Waals surface area contributed by atoms with E-state index in [2.05, 4.69) is 5.32 Å². The molecule has 0 radical (unpaired) electrons. The molecule has 4 nitrogen and oxygen atoms in total. The number of dihydropyridines is 1. The van der Waals surface area contributed by atoms with Gasteiger partial charge in [-0.05, 0) is 38.3 Å². The molecule has 1 heterocycles. The van der Waals surface area contributed by atoms with Crippen molar-refractivity contribution in [2.75, 3.05) is 6.61 Å². The molecule has 0 spiro atoms. The van der Waals surface area contributed by atoms with E-state index in [1.807, 2.05) is 25.1 Å². The molecule has 1 aliphatic heterocycles. The Balaban J connectivity index is 2.19. The maximum atomic E-state index is 12.6. The second-order valence-electron chi connectivity index (χ2n) is 6.01. The first-order valence-corrected chi connectivity index (χ1v) is 8.58. The van der Waals surface area contributed by atoms with Crippen molar-refractivity contribution in [3.05, 3.63) is 57.4 Å². The summed E-state index contributed by atoms with van der Waals surface area (Å²) < 4.78 is 5.24. The van der Waals surface area contributed by atoms with Gasteiger partial charge in [-0.15, -0.1) is 0 Å². The number of hydrogen-bond acceptors (Lipinski definition) is 4. The van der Waals surface area contributed by atoms with Gasteiger partial charge in [-0.2, -0.15) is 0 Å². The maximum absolute atomic E-state index is 12.6. The molecule has 1 N–H and O–H groups in total. The summed E-state index contributed by atoms with van der Waals surface area (Å²) in [7, 11) is 0. The van der Waals surface area contributed by atoms with E-state index in [1.165, 1.54) is 0 Å². The third kappa shape index (κ3) is 2.86. The second kappa shape index (κ2) is 6.81. The van der Waals surface area contributed by atoms with Gasteiger partial charge in [0.2, 0.25) is 0 Å². The van der Waals surface area contributed by atoms with E-state index in [0.717, 1.165) is 29.8 Å². The van der Waals surface area contributed by atoms with Crippen LogP contribution in [0, 0.1) is 0 Å². The number of nitrogens with one attached hydrogen (secondary N) is 1. The van der Waals surface area contributed by atoms with E-state index < -0.39 is 11.9 Å². The number of hydrogen-bond donors (Lipinski definition) is 1. The van der Waals surface area contributed by atoms with Gasteiger partial charge in [0.1, 0.15) is 0 Å². The van der Waals surface area contributed by atoms with Crippen LogP contribution in [0.1, 0.15) is 44.6 Å². The summed E-state index contributed by atoms with van der Waals surface area (Å²) in [5.41, 5.74) is 3.53. The van der Waals surface area contributed by atoms with Gasteiger partial charge in [-0.3, -0.25) is 4.79 Å². The van der Waals surface area contributed by atoms with Gasteiger partial charge in [0.15, 0.2) is 5.78 Å². The van der Waals surface area contributed by atoms with Crippen LogP contribution in [0.5, 0.6) is 0 Å². The fraction of sp³-hybridized carbons (Fsp3) is 0.368. The number of carbonyl (C=O) groups excluding carboxylic acids is 2. The number of halogens is 1. The zero-order valence-corrected chi connectivity index (χ0v) is 14.6. The quantitative estimate of drug-likeness (QED) is 0.845. The van der Waals surface area contributed by atoms with Crippen molar-refractivity contribution in [2.45, 2.75) is 39.0 Å². The first-order valence-electron chi connectivity index (χ1n) is 8.20. The Morgan fingerprint density at radius 3 is 2.79 bits per heavy atom. The highest BCUT2D eigenvalue weighted by Gasteiger charge is 2.39. The summed E-state index contributed by atoms with van der Waals surface area (Å²) in [4.78, 5) is 25.2. The third-order valence-electron chi connectivity index (χ3n) is 4.49. The minimum absolute atomic E-state index is 0.0722. The minimum Gasteiger partial charge on any atom is -0.463 e. The van der Waals surface area contributed by atoms with Crippen LogP contribution in [0.25, 0.3) is 0 Å². The summed E-state index contributed by atoms with van der Waals surface area (Å²) in [6.45, 7) is 3.90. The molecule has 1 aliphatic carbocycles. The van der Waals surface area contributed by atoms with Crippen LogP contribution >= 0.6 is 11.6 Å². The first-order chi connectivity index (χ1) is 11.5. The van der Waals surface area contributed by atoms with Crippen LogP contribution in [0.2, 0.25) is 5.02 Å². The van der Waals surface area contributed by atoms with E-state index in [4.69, 9.17) is 16.3 Å². The number of ether oxygens (including phenoxy) is 1. The number of benzene rings is 1. The van der Waals surface area contributed by atoms with E-state index in [9.17, 15) is 9.59 Å². The fourth-order valence-corrected chi connectivity index (χ4v) is 3.73. The zero-order valence-electron chi connectivity index (χ0n) is 13.8. The molecule has 0 fully saturated rings. The summed E-state index contributed by atoms with van der Waals surface area (Å²) >= 11 is 6.40. The first kappa shape index (κ1) is 16.8. The third-order valence-corrected chi connectivity index (χ3v) is 4.83. The monoisotopic (exact) mass is 345 g/mol. The number of allylic oxidation sites excluding steroid dienone is 3. The number of rotatable bonds is 3. The number of carbonyl (C=O) groups is 2. The van der Waals surface area contributed by atoms with E-state index in [-0.39, 0.29) is 12.4 Å². The van der Waals surface area contributed by atoms with Crippen molar-refractivity contribution in [3.63, 3.8) is 0 Å². The Labute approximate surface area is 146 Å². The van der Waals surface area contributed by atoms with Crippen LogP contribution in [0.15, 0.2) is 46.8 Å². The average Bonchev–Trinajstić information content (AvgIpc) is 2.54. The molecule has 0 amide bonds. The molecular formula is C19H20ClNO3. The SMILES string of the molecule is CCOC(=O)C1=C(C)NC2=C(C(=O)CCC2)C1c1ccccc1Cl. The molecule has 5 heteroatoms. The van der Waals surface area contributed by atoms with Crippen molar-refractivity contribution >= 4 is 23.4 Å². The highest BCUT2D eigenvalue weighted by Crippen LogP contribution is 2.44. The largest absolute Gasteiger partial charge is 0.463 e. The van der Waals surface area contributed by atoms with Crippen LogP contribution in [-0.4, -0.2) is 18.4 Å². The molecule has 0 aromatic heterocycles. The molecule has 0 bridgehead atoms. The predicted octanol–water partition coefficient (Wildman–Crippen LogP) is 3.87. The van der Waals surface area contributed by atoms with Crippen molar-refractivity contribution in [3.8, 4) is 0 Å². The predicted molar refractivity (Wildman–Crippen MR) is 92.5 cm³/mol. The Bertz CT molecular complexity index is 764. The van der Waals surface area contributed by atoms with Gasteiger partial charge in [0.25, 0.3) is 0 Å². The standard InChI is InChI=1S/C19H20ClNO3/c1-3-24-19(23)16-11(2)21-14-9-6-10-15(22)18(14)17(16)12-7-4-5-8-13(12)20/h4-5,7-8,17,21H,3,6,9-10H2,1-2H3. The fourth-order valence-electron chi connectivity index (χ4n) is 3.48. The van der Waals surface area contributed by atoms with Crippen molar-refractivity contribution in [2.24, 2.45) is 0 Å². The lowest BCUT2D eigenvalue weighted by molar-refractivity contribution is -0.138. The topological polar surface area (TPSA) is 55.4 Å². The maximum Gasteiger partial charge on any atom is 0.336 e. The molecular weight excluding hydrogens is 326 g/mol. The van der Waals surface area contributed by atoms with Gasteiger partial charge < -0.3 is 10.1 Å². The summed E-state index contributed by atoms with van der Waals surface area (Å²) in [5.74, 6) is -0.804. The van der Waals surface area contributed by atoms with E-state index in [1.54, 1.807) is 13.0 Å². The summed E-state index contributed by atoms with van der Waals surface area (Å²) in [6.07, 6.45) is 2.12. The van der Waals surface area contributed by atoms with Crippen LogP contribution in [-0.2, 0) is 14.3 Å². The number of Topliss-reactive ketones (excluding diaryl/α,β-unsaturated/α-hetero) is 1. The number of ketones is 1. The lowest BCUT2D eigenvalue weighted by atomic mass is 9.75. The highest BCUT2D eigenvalue weighted by atomic mass is 35.5. The molecule has 24 heavy (non-hydrogen) atoms. The lowest BCUT2D eigenvalue weighted by Crippen LogP contribution is -2.34. The zero-order chi connectivity index (χ0) is 17.3. The normalized spacial score (nSPS) is 20.6. The smallest absolute Gasteiger partial charge is 0.336 e. The Hall–Kier alpha value is -2.07. The molecule has 2 aliphatic rings. The summed E-state index contributed by atoms with van der Waals surface area (Å²) in [6, 6.07) is 7.36. The highest BCUT2D eigenvalue weighted by molar-refractivity contribution is 6.31. The van der Waals surface area contributed by atoms with E-state index in [0.29, 0.717) is 22.6 Å². The molecule has 1 aromatic rings. The molecule has 1 atom stereocenters. The Morgan fingerprint density at radius 2 is 2.08 bits per heavy atom. The molecule has 0 saturated heterocycles. The lowest BCUT2D eigenvalue weighted by Gasteiger charge is -2.34. The molecule has 1 aromatic carbocycles. The minimum atomic E-state index is -0.471. The summed E-state index contributed by atoms with van der Waals surface area (Å²) in [5, 5.41) is 3.80. The van der Waals surface area contributed by atoms with Gasteiger partial charge in [0, 0.05) is 34.3 Å². The average molecular weight is 346 g/mol. The van der Waals surface area contributed by atoms with E-state index >= 15 is 0 Å². The van der Waals surface area contributed by atoms with Crippen LogP contribution < -0.4 is 5.32 Å². The van der Waals surface area contributed by atoms with Crippen LogP contribution in [0.4, 0.5) is 0 Å². The van der Waals surface area contributed by atoms with Crippen molar-refractivity contribution in [1.29, 1.82) is 0 Å². The van der Waals surface area contributed by atoms with Gasteiger partial charge >= 0.3 is 5.97 Å². The van der Waals surface area contributed by atoms with Crippen molar-refractivity contribution < 1.29 is 14.3 Å². The van der Waals surface area contributed by atoms with Gasteiger partial charge in [0.05, 0.1) is 12.2 Å². The second-order valence-corrected chi connectivity index (χ2v) is 6.41. The molecule has 1 unspecified atom stereocenters. The Morgan fingerprint density at radius 1 is 1.33 bits per heavy atom. The van der Waals surface area contributed by atoms with Gasteiger partial charge in [-0.25, -0.2) is 4.79 Å². The molecule has 0 saturated carbocycles. The van der Waals surface area contributed by atoms with Crippen molar-refractivity contribution in [1.82, 2.24) is 5.32 Å². The van der Waals surface area contributed by atoms with Crippen LogP contribution in [0.3, 0.4) is 0 Å². The molecule has 126 valence electrons. The Kier molecular flexibility index (Phi) is 4.76. The number of esters is 1. The van der Waals surface area contributed by atoms with Gasteiger partial charge in [-0.1, -0.05) is 29.8 Å². The molecule has 3 rings (SSSR count).